The molecule has 102 valence electrons. The van der Waals surface area contributed by atoms with Crippen LogP contribution in [0.3, 0.4) is 0 Å². The smallest absolute Gasteiger partial charge is 0.0948 e. The highest BCUT2D eigenvalue weighted by molar-refractivity contribution is 5.14. The van der Waals surface area contributed by atoms with Gasteiger partial charge < -0.3 is 9.47 Å². The molecule has 0 aliphatic carbocycles. The summed E-state index contributed by atoms with van der Waals surface area (Å²) in [5.41, 5.74) is 2.70. The molecule has 1 heterocycles. The molecule has 3 nitrogen and oxygen atoms in total. The highest BCUT2D eigenvalue weighted by atomic mass is 15.1. The van der Waals surface area contributed by atoms with Gasteiger partial charge in [0.05, 0.1) is 6.33 Å². The summed E-state index contributed by atoms with van der Waals surface area (Å²) in [6, 6.07) is 10.6. The van der Waals surface area contributed by atoms with Crippen LogP contribution in [0.1, 0.15) is 24.6 Å². The van der Waals surface area contributed by atoms with Crippen LogP contribution in [0.4, 0.5) is 0 Å². The van der Waals surface area contributed by atoms with Gasteiger partial charge in [0, 0.05) is 25.0 Å². The molecule has 0 atom stereocenters. The summed E-state index contributed by atoms with van der Waals surface area (Å²) in [5, 5.41) is 0. The number of hydrogen-bond donors (Lipinski definition) is 0. The summed E-state index contributed by atoms with van der Waals surface area (Å²) in [4.78, 5) is 6.58. The minimum Gasteiger partial charge on any atom is -0.335 e. The van der Waals surface area contributed by atoms with Gasteiger partial charge in [-0.1, -0.05) is 37.3 Å². The van der Waals surface area contributed by atoms with Gasteiger partial charge in [-0.15, -0.1) is 0 Å². The molecule has 0 saturated carbocycles. The van der Waals surface area contributed by atoms with E-state index in [2.05, 4.69) is 58.8 Å². The fourth-order valence-corrected chi connectivity index (χ4v) is 2.33. The molecule has 0 aliphatic rings. The van der Waals surface area contributed by atoms with Gasteiger partial charge >= 0.3 is 0 Å². The average molecular weight is 257 g/mol. The first kappa shape index (κ1) is 13.8. The van der Waals surface area contributed by atoms with Crippen LogP contribution in [0, 0.1) is 0 Å². The molecule has 0 radical (unpaired) electrons. The second-order valence-corrected chi connectivity index (χ2v) is 5.01. The van der Waals surface area contributed by atoms with E-state index in [0.29, 0.717) is 0 Å². The standard InChI is InChI=1S/C16H23N3/c1-3-16-12-17-14-19(16)11-7-10-18(2)13-15-8-5-4-6-9-15/h4-6,8-9,12,14H,3,7,10-11,13H2,1-2H3. The number of imidazole rings is 1. The lowest BCUT2D eigenvalue weighted by atomic mass is 10.2. The van der Waals surface area contributed by atoms with Crippen LogP contribution < -0.4 is 0 Å². The van der Waals surface area contributed by atoms with Crippen molar-refractivity contribution in [2.75, 3.05) is 13.6 Å². The van der Waals surface area contributed by atoms with Crippen molar-refractivity contribution >= 4 is 0 Å². The molecule has 2 aromatic rings. The van der Waals surface area contributed by atoms with Crippen molar-refractivity contribution in [2.24, 2.45) is 0 Å². The second-order valence-electron chi connectivity index (χ2n) is 5.01. The number of rotatable bonds is 7. The van der Waals surface area contributed by atoms with Gasteiger partial charge in [-0.3, -0.25) is 0 Å². The van der Waals surface area contributed by atoms with E-state index < -0.39 is 0 Å². The molecule has 0 N–H and O–H groups in total. The Hall–Kier alpha value is -1.61. The largest absolute Gasteiger partial charge is 0.335 e. The lowest BCUT2D eigenvalue weighted by molar-refractivity contribution is 0.313. The van der Waals surface area contributed by atoms with Crippen molar-refractivity contribution in [1.29, 1.82) is 0 Å². The van der Waals surface area contributed by atoms with Crippen molar-refractivity contribution in [3.05, 3.63) is 54.1 Å². The lowest BCUT2D eigenvalue weighted by Crippen LogP contribution is -2.20. The van der Waals surface area contributed by atoms with Gasteiger partial charge in [-0.05, 0) is 32.0 Å². The lowest BCUT2D eigenvalue weighted by Gasteiger charge is -2.17. The maximum absolute atomic E-state index is 4.21. The maximum atomic E-state index is 4.21. The first-order chi connectivity index (χ1) is 9.29. The van der Waals surface area contributed by atoms with Crippen LogP contribution >= 0.6 is 0 Å². The summed E-state index contributed by atoms with van der Waals surface area (Å²) in [7, 11) is 2.18. The van der Waals surface area contributed by atoms with E-state index in [-0.39, 0.29) is 0 Å². The number of nitrogens with zero attached hydrogens (tertiary/aromatic N) is 3. The molecule has 19 heavy (non-hydrogen) atoms. The number of aryl methyl sites for hydroxylation is 2. The quantitative estimate of drug-likeness (QED) is 0.760. The van der Waals surface area contributed by atoms with E-state index in [1.165, 1.54) is 11.3 Å². The van der Waals surface area contributed by atoms with Gasteiger partial charge in [0.1, 0.15) is 0 Å². The van der Waals surface area contributed by atoms with E-state index >= 15 is 0 Å². The van der Waals surface area contributed by atoms with Crippen molar-refractivity contribution < 1.29 is 0 Å². The molecule has 0 fully saturated rings. The van der Waals surface area contributed by atoms with Crippen molar-refractivity contribution in [2.45, 2.75) is 32.9 Å². The molecule has 3 heteroatoms. The molecule has 2 rings (SSSR count). The third-order valence-corrected chi connectivity index (χ3v) is 3.39. The Labute approximate surface area is 115 Å². The number of aromatic nitrogens is 2. The molecule has 0 unspecified atom stereocenters. The van der Waals surface area contributed by atoms with E-state index in [1.807, 2.05) is 12.5 Å². The average Bonchev–Trinajstić information content (AvgIpc) is 2.87. The Bertz CT molecular complexity index is 476. The SMILES string of the molecule is CCc1cncn1CCCN(C)Cc1ccccc1. The molecule has 0 saturated heterocycles. The van der Waals surface area contributed by atoms with Crippen molar-refractivity contribution in [3.8, 4) is 0 Å². The zero-order valence-corrected chi connectivity index (χ0v) is 11.9. The Morgan fingerprint density at radius 3 is 2.74 bits per heavy atom. The molecule has 0 amide bonds. The van der Waals surface area contributed by atoms with Crippen LogP contribution in [0.2, 0.25) is 0 Å². The van der Waals surface area contributed by atoms with Crippen LogP contribution in [-0.2, 0) is 19.5 Å². The molecule has 1 aromatic heterocycles. The third-order valence-electron chi connectivity index (χ3n) is 3.39. The van der Waals surface area contributed by atoms with Crippen LogP contribution in [-0.4, -0.2) is 28.0 Å². The van der Waals surface area contributed by atoms with E-state index in [4.69, 9.17) is 0 Å². The summed E-state index contributed by atoms with van der Waals surface area (Å²) >= 11 is 0. The summed E-state index contributed by atoms with van der Waals surface area (Å²) in [6.45, 7) is 5.36. The summed E-state index contributed by atoms with van der Waals surface area (Å²) in [6.07, 6.45) is 6.12. The monoisotopic (exact) mass is 257 g/mol. The molecule has 0 bridgehead atoms. The maximum Gasteiger partial charge on any atom is 0.0948 e. The first-order valence-corrected chi connectivity index (χ1v) is 7.01. The minimum absolute atomic E-state index is 1.02. The van der Waals surface area contributed by atoms with Crippen LogP contribution in [0.15, 0.2) is 42.9 Å². The highest BCUT2D eigenvalue weighted by Gasteiger charge is 2.02. The predicted octanol–water partition coefficient (Wildman–Crippen LogP) is 2.97. The second kappa shape index (κ2) is 7.10. The third kappa shape index (κ3) is 4.21. The Morgan fingerprint density at radius 2 is 2.00 bits per heavy atom. The first-order valence-electron chi connectivity index (χ1n) is 7.01. The fraction of sp³-hybridized carbons (Fsp3) is 0.438. The topological polar surface area (TPSA) is 21.1 Å². The molecule has 1 aromatic carbocycles. The van der Waals surface area contributed by atoms with Crippen molar-refractivity contribution in [1.82, 2.24) is 14.5 Å². The fourth-order valence-electron chi connectivity index (χ4n) is 2.33. The molecular weight excluding hydrogens is 234 g/mol. The Kier molecular flexibility index (Phi) is 5.16. The van der Waals surface area contributed by atoms with Gasteiger partial charge in [-0.2, -0.15) is 0 Å². The summed E-state index contributed by atoms with van der Waals surface area (Å²) in [5.74, 6) is 0. The van der Waals surface area contributed by atoms with Crippen LogP contribution in [0.25, 0.3) is 0 Å². The van der Waals surface area contributed by atoms with Gasteiger partial charge in [0.25, 0.3) is 0 Å². The van der Waals surface area contributed by atoms with Gasteiger partial charge in [0.2, 0.25) is 0 Å². The van der Waals surface area contributed by atoms with E-state index in [0.717, 1.165) is 32.5 Å². The predicted molar refractivity (Wildman–Crippen MR) is 79.0 cm³/mol. The zero-order chi connectivity index (χ0) is 13.5. The van der Waals surface area contributed by atoms with E-state index in [1.54, 1.807) is 0 Å². The van der Waals surface area contributed by atoms with Gasteiger partial charge in [-0.25, -0.2) is 4.98 Å². The highest BCUT2D eigenvalue weighted by Crippen LogP contribution is 2.05. The normalized spacial score (nSPS) is 11.1. The molecular formula is C16H23N3. The number of hydrogen-bond acceptors (Lipinski definition) is 2. The molecule has 0 spiro atoms. The zero-order valence-electron chi connectivity index (χ0n) is 11.9. The minimum atomic E-state index is 1.02. The van der Waals surface area contributed by atoms with Crippen molar-refractivity contribution in [3.63, 3.8) is 0 Å². The molecule has 0 aliphatic heterocycles. The Morgan fingerprint density at radius 1 is 1.21 bits per heavy atom. The summed E-state index contributed by atoms with van der Waals surface area (Å²) < 4.78 is 2.26. The number of benzene rings is 1. The van der Waals surface area contributed by atoms with E-state index in [9.17, 15) is 0 Å². The van der Waals surface area contributed by atoms with Crippen LogP contribution in [0.5, 0.6) is 0 Å². The Balaban J connectivity index is 1.74. The van der Waals surface area contributed by atoms with Gasteiger partial charge in [0.15, 0.2) is 0 Å².